The van der Waals surface area contributed by atoms with Crippen LogP contribution >= 0.6 is 0 Å². The maximum absolute atomic E-state index is 12.9. The van der Waals surface area contributed by atoms with Gasteiger partial charge in [-0.25, -0.2) is 0 Å². The third kappa shape index (κ3) is 3.16. The summed E-state index contributed by atoms with van der Waals surface area (Å²) < 4.78 is 8.66. The maximum atomic E-state index is 12.9. The molecule has 5 heterocycles. The third-order valence-corrected chi connectivity index (χ3v) is 5.91. The van der Waals surface area contributed by atoms with Crippen LogP contribution in [0, 0.1) is 5.92 Å². The number of carbonyl (C=O) groups is 1. The maximum Gasteiger partial charge on any atom is 0.250 e. The van der Waals surface area contributed by atoms with Crippen molar-refractivity contribution in [2.24, 2.45) is 5.92 Å². The highest BCUT2D eigenvalue weighted by atomic mass is 16.5. The van der Waals surface area contributed by atoms with Crippen molar-refractivity contribution >= 4 is 11.6 Å². The van der Waals surface area contributed by atoms with E-state index < -0.39 is 0 Å². The fourth-order valence-corrected chi connectivity index (χ4v) is 4.56. The molecule has 3 aromatic rings. The van der Waals surface area contributed by atoms with Crippen molar-refractivity contribution in [1.82, 2.24) is 29.3 Å². The molecule has 0 aliphatic carbocycles. The number of methoxy groups -OCH3 is 1. The van der Waals surface area contributed by atoms with Crippen molar-refractivity contribution in [2.75, 3.05) is 20.2 Å². The number of hydrogen-bond acceptors (Lipinski definition) is 6. The number of aryl methyl sites for hydroxylation is 1. The molecule has 1 fully saturated rings. The van der Waals surface area contributed by atoms with Crippen LogP contribution in [0.15, 0.2) is 35.1 Å². The Kier molecular flexibility index (Phi) is 4.30. The van der Waals surface area contributed by atoms with Gasteiger partial charge in [-0.2, -0.15) is 4.52 Å². The highest BCUT2D eigenvalue weighted by molar-refractivity contribution is 5.76. The first-order chi connectivity index (χ1) is 14.1. The first kappa shape index (κ1) is 17.8. The van der Waals surface area contributed by atoms with Crippen molar-refractivity contribution in [3.8, 4) is 5.88 Å². The highest BCUT2D eigenvalue weighted by Crippen LogP contribution is 2.35. The fraction of sp³-hybridized carbons (Fsp3) is 0.450. The lowest BCUT2D eigenvalue weighted by atomic mass is 9.83. The molecule has 2 bridgehead atoms. The number of likely N-dealkylation sites (tertiary alicyclic amines) is 1. The van der Waals surface area contributed by atoms with E-state index in [4.69, 9.17) is 4.74 Å². The Morgan fingerprint density at radius 1 is 1.17 bits per heavy atom. The standard InChI is InChI=1S/C20H22N6O3/c1-29-18-7-5-16-21-22-17(26(16)23-18)6-8-19(27)24-10-13-9-14(12-24)15-3-2-4-20(28)25(15)11-13/h2-5,7,13-14H,6,8-12H2,1H3/t13-,14+/m0/s1. The van der Waals surface area contributed by atoms with Gasteiger partial charge in [-0.1, -0.05) is 6.07 Å². The second-order valence-corrected chi connectivity index (χ2v) is 7.76. The van der Waals surface area contributed by atoms with E-state index in [0.717, 1.165) is 12.1 Å². The largest absolute Gasteiger partial charge is 0.480 e. The summed E-state index contributed by atoms with van der Waals surface area (Å²) in [6, 6.07) is 8.95. The molecule has 29 heavy (non-hydrogen) atoms. The summed E-state index contributed by atoms with van der Waals surface area (Å²) in [5, 5.41) is 12.6. The Balaban J connectivity index is 1.30. The van der Waals surface area contributed by atoms with E-state index in [2.05, 4.69) is 15.3 Å². The monoisotopic (exact) mass is 394 g/mol. The number of ether oxygens (including phenoxy) is 1. The van der Waals surface area contributed by atoms with Crippen molar-refractivity contribution in [3.63, 3.8) is 0 Å². The molecule has 0 aromatic carbocycles. The molecule has 0 radical (unpaired) electrons. The molecule has 0 spiro atoms. The molecule has 2 aliphatic heterocycles. The lowest BCUT2D eigenvalue weighted by molar-refractivity contribution is -0.133. The SMILES string of the molecule is COc1ccc2nnc(CCC(=O)N3C[C@@H]4C[C@H](C3)c3cccc(=O)n3C4)n2n1. The third-order valence-electron chi connectivity index (χ3n) is 5.91. The first-order valence-electron chi connectivity index (χ1n) is 9.85. The number of nitrogens with zero attached hydrogens (tertiary/aromatic N) is 6. The molecular formula is C20H22N6O3. The highest BCUT2D eigenvalue weighted by Gasteiger charge is 2.36. The molecule has 9 heteroatoms. The van der Waals surface area contributed by atoms with Gasteiger partial charge in [0.2, 0.25) is 11.8 Å². The number of piperidine rings is 1. The molecule has 2 aliphatic rings. The predicted octanol–water partition coefficient (Wildman–Crippen LogP) is 0.873. The van der Waals surface area contributed by atoms with E-state index >= 15 is 0 Å². The van der Waals surface area contributed by atoms with Crippen LogP contribution in [0.1, 0.15) is 30.3 Å². The lowest BCUT2D eigenvalue weighted by Gasteiger charge is -2.42. The van der Waals surface area contributed by atoms with Crippen molar-refractivity contribution < 1.29 is 9.53 Å². The average molecular weight is 394 g/mol. The smallest absolute Gasteiger partial charge is 0.250 e. The van der Waals surface area contributed by atoms with Crippen LogP contribution in [0.2, 0.25) is 0 Å². The Hall–Kier alpha value is -3.23. The number of carbonyl (C=O) groups excluding carboxylic acids is 1. The Bertz CT molecular complexity index is 1140. The van der Waals surface area contributed by atoms with Gasteiger partial charge in [-0.05, 0) is 24.5 Å². The zero-order valence-electron chi connectivity index (χ0n) is 16.2. The molecule has 2 atom stereocenters. The van der Waals surface area contributed by atoms with Gasteiger partial charge in [-0.3, -0.25) is 9.59 Å². The Morgan fingerprint density at radius 2 is 2.07 bits per heavy atom. The second kappa shape index (κ2) is 6.98. The van der Waals surface area contributed by atoms with Gasteiger partial charge in [0, 0.05) is 56.2 Å². The van der Waals surface area contributed by atoms with Gasteiger partial charge in [-0.15, -0.1) is 15.3 Å². The summed E-state index contributed by atoms with van der Waals surface area (Å²) in [6.45, 7) is 2.04. The average Bonchev–Trinajstić information content (AvgIpc) is 3.14. The number of amides is 1. The Labute approximate surface area is 166 Å². The number of aromatic nitrogens is 5. The quantitative estimate of drug-likeness (QED) is 0.652. The molecule has 0 N–H and O–H groups in total. The minimum Gasteiger partial charge on any atom is -0.480 e. The molecule has 1 amide bonds. The van der Waals surface area contributed by atoms with E-state index in [1.165, 1.54) is 0 Å². The molecule has 3 aromatic heterocycles. The fourth-order valence-electron chi connectivity index (χ4n) is 4.56. The van der Waals surface area contributed by atoms with E-state index in [1.807, 2.05) is 21.6 Å². The number of pyridine rings is 1. The van der Waals surface area contributed by atoms with Gasteiger partial charge >= 0.3 is 0 Å². The normalized spacial score (nSPS) is 20.5. The minimum atomic E-state index is 0.0542. The summed E-state index contributed by atoms with van der Waals surface area (Å²) in [5.74, 6) is 1.76. The number of hydrogen-bond donors (Lipinski definition) is 0. The summed E-state index contributed by atoms with van der Waals surface area (Å²) in [5.41, 5.74) is 1.73. The van der Waals surface area contributed by atoms with Crippen LogP contribution in [-0.2, 0) is 17.8 Å². The zero-order chi connectivity index (χ0) is 20.0. The van der Waals surface area contributed by atoms with Crippen molar-refractivity contribution in [1.29, 1.82) is 0 Å². The molecule has 0 saturated carbocycles. The summed E-state index contributed by atoms with van der Waals surface area (Å²) in [6.07, 6.45) is 1.84. The van der Waals surface area contributed by atoms with Crippen LogP contribution < -0.4 is 10.3 Å². The molecule has 1 saturated heterocycles. The van der Waals surface area contributed by atoms with Crippen LogP contribution in [-0.4, -0.2) is 55.4 Å². The van der Waals surface area contributed by atoms with Crippen LogP contribution in [0.3, 0.4) is 0 Å². The van der Waals surface area contributed by atoms with E-state index in [0.29, 0.717) is 55.7 Å². The van der Waals surface area contributed by atoms with Gasteiger partial charge < -0.3 is 14.2 Å². The molecular weight excluding hydrogens is 372 g/mol. The predicted molar refractivity (Wildman–Crippen MR) is 104 cm³/mol. The van der Waals surface area contributed by atoms with E-state index in [-0.39, 0.29) is 17.4 Å². The molecule has 150 valence electrons. The second-order valence-electron chi connectivity index (χ2n) is 7.76. The van der Waals surface area contributed by atoms with Crippen LogP contribution in [0.25, 0.3) is 5.65 Å². The van der Waals surface area contributed by atoms with E-state index in [9.17, 15) is 9.59 Å². The molecule has 5 rings (SSSR count). The first-order valence-corrected chi connectivity index (χ1v) is 9.85. The van der Waals surface area contributed by atoms with E-state index in [1.54, 1.807) is 29.8 Å². The topological polar surface area (TPSA) is 94.6 Å². The number of rotatable bonds is 4. The van der Waals surface area contributed by atoms with Gasteiger partial charge in [0.25, 0.3) is 5.56 Å². The Morgan fingerprint density at radius 3 is 2.93 bits per heavy atom. The van der Waals surface area contributed by atoms with Crippen molar-refractivity contribution in [3.05, 3.63) is 52.2 Å². The number of fused-ring (bicyclic) bond motifs is 5. The van der Waals surface area contributed by atoms with Crippen molar-refractivity contribution in [2.45, 2.75) is 31.7 Å². The van der Waals surface area contributed by atoms with Gasteiger partial charge in [0.15, 0.2) is 11.5 Å². The zero-order valence-corrected chi connectivity index (χ0v) is 16.2. The van der Waals surface area contributed by atoms with Crippen LogP contribution in [0.4, 0.5) is 0 Å². The summed E-state index contributed by atoms with van der Waals surface area (Å²) in [4.78, 5) is 27.0. The van der Waals surface area contributed by atoms with Gasteiger partial charge in [0.05, 0.1) is 7.11 Å². The summed E-state index contributed by atoms with van der Waals surface area (Å²) in [7, 11) is 1.56. The molecule has 9 nitrogen and oxygen atoms in total. The molecule has 0 unspecified atom stereocenters. The lowest BCUT2D eigenvalue weighted by Crippen LogP contribution is -2.49. The van der Waals surface area contributed by atoms with Crippen LogP contribution in [0.5, 0.6) is 5.88 Å². The minimum absolute atomic E-state index is 0.0542. The van der Waals surface area contributed by atoms with Gasteiger partial charge in [0.1, 0.15) is 0 Å². The summed E-state index contributed by atoms with van der Waals surface area (Å²) >= 11 is 0.